The zero-order valence-corrected chi connectivity index (χ0v) is 15.1. The predicted octanol–water partition coefficient (Wildman–Crippen LogP) is 2.76. The van der Waals surface area contributed by atoms with Crippen molar-refractivity contribution in [3.05, 3.63) is 29.8 Å². The molecular formula is C19H30N2O3. The lowest BCUT2D eigenvalue weighted by Gasteiger charge is -2.26. The Kier molecular flexibility index (Phi) is 7.53. The Labute approximate surface area is 145 Å². The van der Waals surface area contributed by atoms with Gasteiger partial charge in [-0.15, -0.1) is 0 Å². The second kappa shape index (κ2) is 9.64. The summed E-state index contributed by atoms with van der Waals surface area (Å²) < 4.78 is 10.9. The summed E-state index contributed by atoms with van der Waals surface area (Å²) in [4.78, 5) is 14.2. The molecule has 24 heavy (non-hydrogen) atoms. The molecule has 1 aromatic rings. The van der Waals surface area contributed by atoms with Crippen LogP contribution in [0.25, 0.3) is 0 Å². The van der Waals surface area contributed by atoms with Crippen LogP contribution in [0.3, 0.4) is 0 Å². The number of benzene rings is 1. The fourth-order valence-corrected chi connectivity index (χ4v) is 3.11. The molecule has 5 heteroatoms. The van der Waals surface area contributed by atoms with Gasteiger partial charge in [-0.1, -0.05) is 31.4 Å². The third kappa shape index (κ3) is 5.80. The van der Waals surface area contributed by atoms with Crippen molar-refractivity contribution in [1.29, 1.82) is 0 Å². The number of nitrogens with one attached hydrogen (secondary N) is 1. The third-order valence-electron chi connectivity index (χ3n) is 4.62. The van der Waals surface area contributed by atoms with Gasteiger partial charge in [-0.25, -0.2) is 0 Å². The predicted molar refractivity (Wildman–Crippen MR) is 95.3 cm³/mol. The number of hydrogen-bond donors (Lipinski definition) is 1. The van der Waals surface area contributed by atoms with Crippen molar-refractivity contribution in [3.63, 3.8) is 0 Å². The molecule has 5 nitrogen and oxygen atoms in total. The first kappa shape index (κ1) is 18.7. The molecule has 1 aromatic carbocycles. The van der Waals surface area contributed by atoms with Gasteiger partial charge in [-0.05, 0) is 44.6 Å². The Bertz CT molecular complexity index is 496. The zero-order valence-electron chi connectivity index (χ0n) is 15.1. The lowest BCUT2D eigenvalue weighted by molar-refractivity contribution is -0.128. The molecule has 0 aliphatic heterocycles. The van der Waals surface area contributed by atoms with Crippen LogP contribution in [0.15, 0.2) is 24.3 Å². The first-order chi connectivity index (χ1) is 11.6. The number of methoxy groups -OCH3 is 1. The summed E-state index contributed by atoms with van der Waals surface area (Å²) in [6.45, 7) is 0.722. The van der Waals surface area contributed by atoms with Crippen molar-refractivity contribution in [3.8, 4) is 5.75 Å². The van der Waals surface area contributed by atoms with E-state index in [2.05, 4.69) is 10.2 Å². The quantitative estimate of drug-likeness (QED) is 0.794. The highest BCUT2D eigenvalue weighted by atomic mass is 16.5. The first-order valence-corrected chi connectivity index (χ1v) is 8.79. The maximum absolute atomic E-state index is 12.1. The van der Waals surface area contributed by atoms with Crippen molar-refractivity contribution in [1.82, 2.24) is 10.2 Å². The Hall–Kier alpha value is -1.59. The molecule has 1 amide bonds. The van der Waals surface area contributed by atoms with Crippen LogP contribution in [0.2, 0.25) is 0 Å². The van der Waals surface area contributed by atoms with Crippen molar-refractivity contribution in [2.45, 2.75) is 44.2 Å². The van der Waals surface area contributed by atoms with Crippen LogP contribution >= 0.6 is 0 Å². The minimum Gasteiger partial charge on any atom is -0.497 e. The number of amides is 1. The molecule has 1 aliphatic carbocycles. The van der Waals surface area contributed by atoms with Crippen LogP contribution in [-0.2, 0) is 9.53 Å². The van der Waals surface area contributed by atoms with Crippen molar-refractivity contribution >= 4 is 5.91 Å². The number of likely N-dealkylation sites (N-methyl/N-ethyl adjacent to an activating group) is 1. The molecule has 134 valence electrons. The minimum absolute atomic E-state index is 0.0408. The van der Waals surface area contributed by atoms with Gasteiger partial charge in [-0.2, -0.15) is 0 Å². The molecule has 1 unspecified atom stereocenters. The van der Waals surface area contributed by atoms with Gasteiger partial charge in [0.25, 0.3) is 0 Å². The smallest absolute Gasteiger partial charge is 0.246 e. The highest BCUT2D eigenvalue weighted by molar-refractivity contribution is 5.77. The molecule has 0 aromatic heterocycles. The largest absolute Gasteiger partial charge is 0.497 e. The number of hydrogen-bond acceptors (Lipinski definition) is 4. The molecule has 0 saturated heterocycles. The summed E-state index contributed by atoms with van der Waals surface area (Å²) >= 11 is 0. The number of nitrogens with zero attached hydrogens (tertiary/aromatic N) is 1. The molecule has 1 aliphatic rings. The van der Waals surface area contributed by atoms with E-state index in [-0.39, 0.29) is 24.7 Å². The van der Waals surface area contributed by atoms with Gasteiger partial charge < -0.3 is 19.7 Å². The highest BCUT2D eigenvalue weighted by Gasteiger charge is 2.17. The maximum atomic E-state index is 12.1. The first-order valence-electron chi connectivity index (χ1n) is 8.79. The number of rotatable bonds is 8. The fraction of sp³-hybridized carbons (Fsp3) is 0.632. The van der Waals surface area contributed by atoms with E-state index in [0.717, 1.165) is 24.2 Å². The Morgan fingerprint density at radius 3 is 2.46 bits per heavy atom. The lowest BCUT2D eigenvalue weighted by Crippen LogP contribution is -2.37. The van der Waals surface area contributed by atoms with Crippen LogP contribution in [0.5, 0.6) is 5.75 Å². The molecule has 1 saturated carbocycles. The van der Waals surface area contributed by atoms with Gasteiger partial charge in [0.15, 0.2) is 0 Å². The molecule has 0 spiro atoms. The monoisotopic (exact) mass is 334 g/mol. The SMILES string of the molecule is COc1ccc(C(CNC(=O)COC2CCCCC2)N(C)C)cc1. The molecular weight excluding hydrogens is 304 g/mol. The molecule has 0 heterocycles. The Balaban J connectivity index is 1.80. The Morgan fingerprint density at radius 1 is 1.21 bits per heavy atom. The summed E-state index contributed by atoms with van der Waals surface area (Å²) in [6.07, 6.45) is 6.15. The minimum atomic E-state index is -0.0408. The van der Waals surface area contributed by atoms with Crippen molar-refractivity contribution in [2.24, 2.45) is 0 Å². The molecule has 1 N–H and O–H groups in total. The summed E-state index contributed by atoms with van der Waals surface area (Å²) in [7, 11) is 5.68. The zero-order chi connectivity index (χ0) is 17.4. The molecule has 1 atom stereocenters. The second-order valence-corrected chi connectivity index (χ2v) is 6.63. The van der Waals surface area contributed by atoms with Gasteiger partial charge in [0.2, 0.25) is 5.91 Å². The van der Waals surface area contributed by atoms with Crippen molar-refractivity contribution in [2.75, 3.05) is 34.4 Å². The number of ether oxygens (including phenoxy) is 2. The highest BCUT2D eigenvalue weighted by Crippen LogP contribution is 2.21. The normalized spacial score (nSPS) is 16.8. The molecule has 2 rings (SSSR count). The van der Waals surface area contributed by atoms with E-state index in [1.54, 1.807) is 7.11 Å². The molecule has 0 bridgehead atoms. The number of carbonyl (C=O) groups excluding carboxylic acids is 1. The fourth-order valence-electron chi connectivity index (χ4n) is 3.11. The third-order valence-corrected chi connectivity index (χ3v) is 4.62. The van der Waals surface area contributed by atoms with E-state index >= 15 is 0 Å². The summed E-state index contributed by atoms with van der Waals surface area (Å²) in [6, 6.07) is 8.08. The van der Waals surface area contributed by atoms with Crippen LogP contribution in [-0.4, -0.2) is 51.3 Å². The van der Waals surface area contributed by atoms with Crippen LogP contribution < -0.4 is 10.1 Å². The Morgan fingerprint density at radius 2 is 1.88 bits per heavy atom. The average molecular weight is 334 g/mol. The standard InChI is InChI=1S/C19H30N2O3/c1-21(2)18(15-9-11-16(23-3)12-10-15)13-20-19(22)14-24-17-7-5-4-6-8-17/h9-12,17-18H,4-8,13-14H2,1-3H3,(H,20,22). The van der Waals surface area contributed by atoms with Crippen LogP contribution in [0.4, 0.5) is 0 Å². The summed E-state index contributed by atoms with van der Waals surface area (Å²) in [5, 5.41) is 2.99. The van der Waals surface area contributed by atoms with Gasteiger partial charge in [-0.3, -0.25) is 4.79 Å². The second-order valence-electron chi connectivity index (χ2n) is 6.63. The summed E-state index contributed by atoms with van der Waals surface area (Å²) in [5.41, 5.74) is 1.15. The van der Waals surface area contributed by atoms with Gasteiger partial charge >= 0.3 is 0 Å². The van der Waals surface area contributed by atoms with Gasteiger partial charge in [0.1, 0.15) is 12.4 Å². The van der Waals surface area contributed by atoms with Crippen LogP contribution in [0, 0.1) is 0 Å². The van der Waals surface area contributed by atoms with Gasteiger partial charge in [0, 0.05) is 6.54 Å². The van der Waals surface area contributed by atoms with E-state index in [4.69, 9.17) is 9.47 Å². The van der Waals surface area contributed by atoms with E-state index in [9.17, 15) is 4.79 Å². The van der Waals surface area contributed by atoms with E-state index in [1.807, 2.05) is 38.4 Å². The molecule has 1 fully saturated rings. The van der Waals surface area contributed by atoms with Gasteiger partial charge in [0.05, 0.1) is 19.3 Å². The molecule has 0 radical (unpaired) electrons. The van der Waals surface area contributed by atoms with E-state index in [1.165, 1.54) is 19.3 Å². The summed E-state index contributed by atoms with van der Waals surface area (Å²) in [5.74, 6) is 0.794. The van der Waals surface area contributed by atoms with Crippen LogP contribution in [0.1, 0.15) is 43.7 Å². The lowest BCUT2D eigenvalue weighted by atomic mass is 9.98. The van der Waals surface area contributed by atoms with E-state index in [0.29, 0.717) is 6.54 Å². The van der Waals surface area contributed by atoms with E-state index < -0.39 is 0 Å². The maximum Gasteiger partial charge on any atom is 0.246 e. The average Bonchev–Trinajstić information content (AvgIpc) is 2.61. The van der Waals surface area contributed by atoms with Crippen molar-refractivity contribution < 1.29 is 14.3 Å². The topological polar surface area (TPSA) is 50.8 Å². The number of carbonyl (C=O) groups is 1.